The standard InChI is InChI=1S/C28H29Cl2O8P/c29-27(31)22-10-14-24(15-11-22)34-18-4-6-20-36-39(33,38-26-8-2-1-3-9-26)37-21-7-5-19-35-25-16-12-23(13-17-25)28(30)32/h1-3,8-17H,4-7,18-21H2. The third-order valence-electron chi connectivity index (χ3n) is 5.24. The molecule has 0 saturated heterocycles. The molecule has 0 heterocycles. The van der Waals surface area contributed by atoms with Crippen LogP contribution in [0.15, 0.2) is 78.9 Å². The SMILES string of the molecule is O=C(Cl)c1ccc(OCCCCOP(=O)(OCCCCOc2ccc(C(=O)Cl)cc2)Oc2ccccc2)cc1. The van der Waals surface area contributed by atoms with Crippen LogP contribution in [0.2, 0.25) is 0 Å². The van der Waals surface area contributed by atoms with E-state index in [0.29, 0.717) is 67.3 Å². The molecule has 0 aliphatic carbocycles. The van der Waals surface area contributed by atoms with E-state index in [0.717, 1.165) is 0 Å². The van der Waals surface area contributed by atoms with Crippen LogP contribution in [-0.4, -0.2) is 36.9 Å². The third kappa shape index (κ3) is 11.4. The average Bonchev–Trinajstić information content (AvgIpc) is 2.93. The first-order valence-corrected chi connectivity index (χ1v) is 14.6. The minimum atomic E-state index is -3.86. The van der Waals surface area contributed by atoms with Gasteiger partial charge in [0.2, 0.25) is 0 Å². The Hall–Kier alpha value is -2.87. The summed E-state index contributed by atoms with van der Waals surface area (Å²) in [6.45, 7) is 1.12. The fourth-order valence-electron chi connectivity index (χ4n) is 3.21. The molecule has 3 aromatic rings. The van der Waals surface area contributed by atoms with E-state index in [1.165, 1.54) is 0 Å². The van der Waals surface area contributed by atoms with Crippen molar-refractivity contribution in [2.75, 3.05) is 26.4 Å². The number of hydrogen-bond acceptors (Lipinski definition) is 8. The number of hydrogen-bond donors (Lipinski definition) is 0. The van der Waals surface area contributed by atoms with Crippen LogP contribution in [-0.2, 0) is 13.6 Å². The second kappa shape index (κ2) is 16.3. The predicted molar refractivity (Wildman–Crippen MR) is 149 cm³/mol. The largest absolute Gasteiger partial charge is 0.530 e. The van der Waals surface area contributed by atoms with Crippen LogP contribution in [0.5, 0.6) is 17.2 Å². The van der Waals surface area contributed by atoms with Crippen LogP contribution in [0.1, 0.15) is 46.4 Å². The number of para-hydroxylation sites is 1. The molecule has 0 bridgehead atoms. The van der Waals surface area contributed by atoms with Crippen LogP contribution in [0.4, 0.5) is 0 Å². The molecule has 0 amide bonds. The second-order valence-corrected chi connectivity index (χ2v) is 10.5. The lowest BCUT2D eigenvalue weighted by Gasteiger charge is -2.18. The smallest absolute Gasteiger partial charge is 0.494 e. The molecular formula is C28H29Cl2O8P. The summed E-state index contributed by atoms with van der Waals surface area (Å²) in [6.07, 6.45) is 2.40. The number of ether oxygens (including phenoxy) is 2. The van der Waals surface area contributed by atoms with Crippen molar-refractivity contribution in [1.82, 2.24) is 0 Å². The molecule has 0 fully saturated rings. The summed E-state index contributed by atoms with van der Waals surface area (Å²) < 4.78 is 41.3. The Morgan fingerprint density at radius 2 is 0.974 bits per heavy atom. The molecule has 3 aromatic carbocycles. The first-order chi connectivity index (χ1) is 18.8. The third-order valence-corrected chi connectivity index (χ3v) is 7.11. The maximum Gasteiger partial charge on any atom is 0.530 e. The van der Waals surface area contributed by atoms with Crippen LogP contribution in [0.3, 0.4) is 0 Å². The van der Waals surface area contributed by atoms with Crippen LogP contribution in [0.25, 0.3) is 0 Å². The summed E-state index contributed by atoms with van der Waals surface area (Å²) in [5.74, 6) is 1.61. The number of rotatable bonds is 18. The van der Waals surface area contributed by atoms with Crippen molar-refractivity contribution in [2.45, 2.75) is 25.7 Å². The van der Waals surface area contributed by atoms with Gasteiger partial charge in [-0.25, -0.2) is 4.57 Å². The molecule has 0 atom stereocenters. The normalized spacial score (nSPS) is 11.1. The summed E-state index contributed by atoms with van der Waals surface area (Å²) in [5, 5.41) is -1.05. The van der Waals surface area contributed by atoms with E-state index < -0.39 is 18.3 Å². The van der Waals surface area contributed by atoms with Gasteiger partial charge in [-0.3, -0.25) is 18.6 Å². The van der Waals surface area contributed by atoms with Crippen molar-refractivity contribution in [1.29, 1.82) is 0 Å². The molecule has 0 aromatic heterocycles. The zero-order chi connectivity index (χ0) is 27.9. The van der Waals surface area contributed by atoms with Crippen molar-refractivity contribution >= 4 is 41.5 Å². The molecule has 0 spiro atoms. The number of halogens is 2. The van der Waals surface area contributed by atoms with Crippen molar-refractivity contribution in [3.63, 3.8) is 0 Å². The highest BCUT2D eigenvalue weighted by molar-refractivity contribution is 7.48. The van der Waals surface area contributed by atoms with Gasteiger partial charge in [-0.2, -0.15) is 0 Å². The lowest BCUT2D eigenvalue weighted by molar-refractivity contribution is 0.107. The minimum absolute atomic E-state index is 0.150. The van der Waals surface area contributed by atoms with Crippen LogP contribution in [0, 0.1) is 0 Å². The first-order valence-electron chi connectivity index (χ1n) is 12.3. The number of benzene rings is 3. The lowest BCUT2D eigenvalue weighted by atomic mass is 10.2. The predicted octanol–water partition coefficient (Wildman–Crippen LogP) is 7.68. The van der Waals surface area contributed by atoms with Gasteiger partial charge in [-0.05, 0) is 110 Å². The summed E-state index contributed by atoms with van der Waals surface area (Å²) in [7, 11) is -3.86. The Kier molecular flexibility index (Phi) is 12.8. The second-order valence-electron chi connectivity index (χ2n) is 8.23. The summed E-state index contributed by atoms with van der Waals surface area (Å²) in [5.41, 5.74) is 0.797. The van der Waals surface area contributed by atoms with Gasteiger partial charge in [0, 0.05) is 11.1 Å². The van der Waals surface area contributed by atoms with E-state index in [9.17, 15) is 14.2 Å². The fourth-order valence-corrected chi connectivity index (χ4v) is 4.72. The van der Waals surface area contributed by atoms with E-state index >= 15 is 0 Å². The lowest BCUT2D eigenvalue weighted by Crippen LogP contribution is -2.07. The molecule has 208 valence electrons. The van der Waals surface area contributed by atoms with Gasteiger partial charge in [-0.1, -0.05) is 18.2 Å². The van der Waals surface area contributed by atoms with Crippen molar-refractivity contribution < 1.29 is 37.2 Å². The van der Waals surface area contributed by atoms with Gasteiger partial charge in [-0.15, -0.1) is 0 Å². The molecule has 0 aliphatic heterocycles. The quantitative estimate of drug-likeness (QED) is 0.0839. The zero-order valence-electron chi connectivity index (χ0n) is 21.1. The molecule has 0 unspecified atom stereocenters. The maximum atomic E-state index is 13.3. The Bertz CT molecular complexity index is 1150. The van der Waals surface area contributed by atoms with Gasteiger partial charge in [0.05, 0.1) is 26.4 Å². The number of carbonyl (C=O) groups is 2. The molecule has 3 rings (SSSR count). The van der Waals surface area contributed by atoms with E-state index in [2.05, 4.69) is 0 Å². The van der Waals surface area contributed by atoms with E-state index in [1.807, 2.05) is 6.07 Å². The first kappa shape index (κ1) is 30.7. The number of unbranched alkanes of at least 4 members (excludes halogenated alkanes) is 2. The summed E-state index contributed by atoms with van der Waals surface area (Å²) in [4.78, 5) is 22.3. The minimum Gasteiger partial charge on any atom is -0.494 e. The molecule has 0 radical (unpaired) electrons. The van der Waals surface area contributed by atoms with Gasteiger partial charge in [0.15, 0.2) is 0 Å². The molecule has 11 heteroatoms. The molecule has 0 aliphatic rings. The Morgan fingerprint density at radius 3 is 1.38 bits per heavy atom. The van der Waals surface area contributed by atoms with Gasteiger partial charge >= 0.3 is 7.82 Å². The van der Waals surface area contributed by atoms with Gasteiger partial charge < -0.3 is 14.0 Å². The van der Waals surface area contributed by atoms with E-state index in [-0.39, 0.29) is 13.2 Å². The number of phosphoric acid groups is 1. The molecule has 0 N–H and O–H groups in total. The Morgan fingerprint density at radius 1 is 0.564 bits per heavy atom. The summed E-state index contributed by atoms with van der Waals surface area (Å²) >= 11 is 10.9. The highest BCUT2D eigenvalue weighted by atomic mass is 35.5. The Balaban J connectivity index is 1.38. The van der Waals surface area contributed by atoms with Gasteiger partial charge in [0.1, 0.15) is 17.2 Å². The van der Waals surface area contributed by atoms with Crippen molar-refractivity contribution in [3.8, 4) is 17.2 Å². The molecular weight excluding hydrogens is 566 g/mol. The monoisotopic (exact) mass is 594 g/mol. The molecule has 0 saturated carbocycles. The zero-order valence-corrected chi connectivity index (χ0v) is 23.5. The highest BCUT2D eigenvalue weighted by Crippen LogP contribution is 2.49. The summed E-state index contributed by atoms with van der Waals surface area (Å²) in [6, 6.07) is 21.8. The fraction of sp³-hybridized carbons (Fsp3) is 0.286. The van der Waals surface area contributed by atoms with Crippen molar-refractivity contribution in [3.05, 3.63) is 90.0 Å². The topological polar surface area (TPSA) is 97.4 Å². The van der Waals surface area contributed by atoms with Crippen LogP contribution < -0.4 is 14.0 Å². The molecule has 39 heavy (non-hydrogen) atoms. The Labute approximate surface area is 237 Å². The maximum absolute atomic E-state index is 13.3. The van der Waals surface area contributed by atoms with Gasteiger partial charge in [0.25, 0.3) is 10.5 Å². The van der Waals surface area contributed by atoms with E-state index in [4.69, 9.17) is 46.2 Å². The molecule has 8 nitrogen and oxygen atoms in total. The average molecular weight is 595 g/mol. The van der Waals surface area contributed by atoms with Crippen LogP contribution >= 0.6 is 31.0 Å². The number of phosphoric ester groups is 1. The highest BCUT2D eigenvalue weighted by Gasteiger charge is 2.28. The van der Waals surface area contributed by atoms with E-state index in [1.54, 1.807) is 72.8 Å². The number of carbonyl (C=O) groups excluding carboxylic acids is 2. The van der Waals surface area contributed by atoms with Crippen molar-refractivity contribution in [2.24, 2.45) is 0 Å².